The van der Waals surface area contributed by atoms with Gasteiger partial charge in [0.2, 0.25) is 0 Å². The Balaban J connectivity index is 1.22. The Bertz CT molecular complexity index is 1320. The van der Waals surface area contributed by atoms with Crippen LogP contribution in [-0.4, -0.2) is 51.8 Å². The maximum atomic E-state index is 13.1. The van der Waals surface area contributed by atoms with Crippen molar-refractivity contribution in [3.63, 3.8) is 0 Å². The fraction of sp³-hybridized carbons (Fsp3) is 0.370. The number of rotatable bonds is 8. The van der Waals surface area contributed by atoms with E-state index in [1.165, 1.54) is 25.9 Å². The number of fused-ring (bicyclic) bond motifs is 1. The van der Waals surface area contributed by atoms with Crippen LogP contribution in [0.5, 0.6) is 5.75 Å². The molecule has 0 saturated carbocycles. The summed E-state index contributed by atoms with van der Waals surface area (Å²) in [6.07, 6.45) is 6.26. The predicted octanol–water partition coefficient (Wildman–Crippen LogP) is 4.85. The van der Waals surface area contributed by atoms with Crippen molar-refractivity contribution in [2.75, 3.05) is 31.6 Å². The lowest BCUT2D eigenvalue weighted by atomic mass is 10.0. The Hall–Kier alpha value is -3.65. The van der Waals surface area contributed by atoms with E-state index >= 15 is 0 Å². The first-order chi connectivity index (χ1) is 16.9. The zero-order chi connectivity index (χ0) is 24.4. The fourth-order valence-corrected chi connectivity index (χ4v) is 4.33. The van der Waals surface area contributed by atoms with Crippen molar-refractivity contribution in [1.82, 2.24) is 19.7 Å². The number of oxazole rings is 1. The molecule has 8 nitrogen and oxygen atoms in total. The standard InChI is InChI=1S/C27H31N5O3/c1-19-29-24-16-22(8-11-25(24)35-19)30-26(33)27(2,3)32-18-21(17-28-32)20-6-9-23(10-7-20)34-15-14-31-12-4-5-13-31/h6-11,16-18H,4-5,12-15H2,1-3H3,(H,30,33). The molecule has 5 rings (SSSR count). The highest BCUT2D eigenvalue weighted by molar-refractivity contribution is 5.97. The molecule has 182 valence electrons. The Labute approximate surface area is 204 Å². The number of anilines is 1. The molecule has 4 aromatic rings. The molecule has 0 atom stereocenters. The number of aromatic nitrogens is 3. The summed E-state index contributed by atoms with van der Waals surface area (Å²) in [6, 6.07) is 13.4. The summed E-state index contributed by atoms with van der Waals surface area (Å²) in [5.74, 6) is 1.28. The van der Waals surface area contributed by atoms with Gasteiger partial charge in [0.25, 0.3) is 5.91 Å². The molecule has 0 radical (unpaired) electrons. The summed E-state index contributed by atoms with van der Waals surface area (Å²) in [6.45, 7) is 9.51. The van der Waals surface area contributed by atoms with E-state index in [9.17, 15) is 4.79 Å². The molecule has 0 unspecified atom stereocenters. The first-order valence-corrected chi connectivity index (χ1v) is 12.1. The van der Waals surface area contributed by atoms with Crippen LogP contribution in [0.15, 0.2) is 59.3 Å². The molecule has 1 saturated heterocycles. The van der Waals surface area contributed by atoms with Gasteiger partial charge >= 0.3 is 0 Å². The quantitative estimate of drug-likeness (QED) is 0.394. The van der Waals surface area contributed by atoms with Crippen LogP contribution in [0.4, 0.5) is 5.69 Å². The van der Waals surface area contributed by atoms with Crippen molar-refractivity contribution in [2.45, 2.75) is 39.2 Å². The summed E-state index contributed by atoms with van der Waals surface area (Å²) in [7, 11) is 0. The molecule has 8 heteroatoms. The maximum absolute atomic E-state index is 13.1. The van der Waals surface area contributed by atoms with Crippen molar-refractivity contribution in [3.8, 4) is 16.9 Å². The Morgan fingerprint density at radius 3 is 2.66 bits per heavy atom. The van der Waals surface area contributed by atoms with Crippen molar-refractivity contribution < 1.29 is 13.9 Å². The van der Waals surface area contributed by atoms with E-state index in [4.69, 9.17) is 9.15 Å². The molecule has 1 fully saturated rings. The average Bonchev–Trinajstić information content (AvgIpc) is 3.60. The third kappa shape index (κ3) is 5.07. The molecule has 1 aliphatic heterocycles. The molecule has 0 spiro atoms. The van der Waals surface area contributed by atoms with Gasteiger partial charge in [-0.1, -0.05) is 12.1 Å². The first kappa shape index (κ1) is 23.1. The Morgan fingerprint density at radius 1 is 1.11 bits per heavy atom. The second-order valence-electron chi connectivity index (χ2n) is 9.52. The zero-order valence-electron chi connectivity index (χ0n) is 20.5. The third-order valence-electron chi connectivity index (χ3n) is 6.53. The number of aryl methyl sites for hydroxylation is 1. The lowest BCUT2D eigenvalue weighted by molar-refractivity contribution is -0.123. The average molecular weight is 474 g/mol. The number of benzene rings is 2. The summed E-state index contributed by atoms with van der Waals surface area (Å²) in [4.78, 5) is 19.9. The van der Waals surface area contributed by atoms with Crippen LogP contribution < -0.4 is 10.1 Å². The molecule has 0 bridgehead atoms. The van der Waals surface area contributed by atoms with Gasteiger partial charge < -0.3 is 14.5 Å². The number of likely N-dealkylation sites (tertiary alicyclic amines) is 1. The summed E-state index contributed by atoms with van der Waals surface area (Å²) >= 11 is 0. The molecule has 1 amide bonds. The molecule has 0 aliphatic carbocycles. The van der Waals surface area contributed by atoms with E-state index in [0.717, 1.165) is 23.4 Å². The van der Waals surface area contributed by atoms with E-state index in [0.29, 0.717) is 29.3 Å². The van der Waals surface area contributed by atoms with Gasteiger partial charge in [0.1, 0.15) is 23.4 Å². The smallest absolute Gasteiger partial charge is 0.251 e. The Morgan fingerprint density at radius 2 is 1.89 bits per heavy atom. The maximum Gasteiger partial charge on any atom is 0.251 e. The lowest BCUT2D eigenvalue weighted by Crippen LogP contribution is -2.40. The van der Waals surface area contributed by atoms with E-state index in [2.05, 4.69) is 20.3 Å². The molecular weight excluding hydrogens is 442 g/mol. The molecular formula is C27H31N5O3. The first-order valence-electron chi connectivity index (χ1n) is 12.1. The largest absolute Gasteiger partial charge is 0.492 e. The molecule has 1 aliphatic rings. The van der Waals surface area contributed by atoms with Gasteiger partial charge in [-0.25, -0.2) is 4.98 Å². The molecule has 35 heavy (non-hydrogen) atoms. The zero-order valence-corrected chi connectivity index (χ0v) is 20.5. The highest BCUT2D eigenvalue weighted by Gasteiger charge is 2.31. The number of ether oxygens (including phenoxy) is 1. The van der Waals surface area contributed by atoms with Crippen LogP contribution in [0.2, 0.25) is 0 Å². The fourth-order valence-electron chi connectivity index (χ4n) is 4.33. The van der Waals surface area contributed by atoms with Crippen molar-refractivity contribution in [1.29, 1.82) is 0 Å². The lowest BCUT2D eigenvalue weighted by Gasteiger charge is -2.24. The number of nitrogens with zero attached hydrogens (tertiary/aromatic N) is 4. The minimum absolute atomic E-state index is 0.173. The van der Waals surface area contributed by atoms with Crippen LogP contribution in [0.25, 0.3) is 22.2 Å². The van der Waals surface area contributed by atoms with Crippen LogP contribution in [0.1, 0.15) is 32.6 Å². The van der Waals surface area contributed by atoms with Gasteiger partial charge in [0.15, 0.2) is 11.5 Å². The van der Waals surface area contributed by atoms with E-state index in [1.807, 2.05) is 62.5 Å². The second kappa shape index (κ2) is 9.54. The molecule has 2 aromatic carbocycles. The summed E-state index contributed by atoms with van der Waals surface area (Å²) in [5, 5.41) is 7.46. The summed E-state index contributed by atoms with van der Waals surface area (Å²) < 4.78 is 13.1. The van der Waals surface area contributed by atoms with Gasteiger partial charge in [-0.2, -0.15) is 5.10 Å². The van der Waals surface area contributed by atoms with Crippen molar-refractivity contribution in [2.24, 2.45) is 0 Å². The third-order valence-corrected chi connectivity index (χ3v) is 6.53. The van der Waals surface area contributed by atoms with Gasteiger partial charge in [-0.05, 0) is 75.7 Å². The van der Waals surface area contributed by atoms with Crippen molar-refractivity contribution in [3.05, 3.63) is 60.7 Å². The van der Waals surface area contributed by atoms with Gasteiger partial charge in [-0.15, -0.1) is 0 Å². The van der Waals surface area contributed by atoms with Gasteiger partial charge in [-0.3, -0.25) is 14.4 Å². The van der Waals surface area contributed by atoms with Gasteiger partial charge in [0, 0.05) is 30.9 Å². The number of hydrogen-bond donors (Lipinski definition) is 1. The monoisotopic (exact) mass is 473 g/mol. The highest BCUT2D eigenvalue weighted by atomic mass is 16.5. The van der Waals surface area contributed by atoms with E-state index in [-0.39, 0.29) is 5.91 Å². The number of amides is 1. The van der Waals surface area contributed by atoms with E-state index in [1.54, 1.807) is 17.8 Å². The normalized spacial score (nSPS) is 14.5. The van der Waals surface area contributed by atoms with E-state index < -0.39 is 5.54 Å². The number of carbonyl (C=O) groups excluding carboxylic acids is 1. The Kier molecular flexibility index (Phi) is 6.30. The minimum atomic E-state index is -0.897. The predicted molar refractivity (Wildman–Crippen MR) is 136 cm³/mol. The van der Waals surface area contributed by atoms with Crippen LogP contribution >= 0.6 is 0 Å². The molecule has 2 aromatic heterocycles. The minimum Gasteiger partial charge on any atom is -0.492 e. The molecule has 3 heterocycles. The van der Waals surface area contributed by atoms with Crippen LogP contribution in [0.3, 0.4) is 0 Å². The molecule has 1 N–H and O–H groups in total. The number of nitrogens with one attached hydrogen (secondary N) is 1. The van der Waals surface area contributed by atoms with Crippen LogP contribution in [0, 0.1) is 6.92 Å². The highest BCUT2D eigenvalue weighted by Crippen LogP contribution is 2.26. The number of carbonyl (C=O) groups is 1. The SMILES string of the molecule is Cc1nc2cc(NC(=O)C(C)(C)n3cc(-c4ccc(OCCN5CCCC5)cc4)cn3)ccc2o1. The van der Waals surface area contributed by atoms with Crippen LogP contribution in [-0.2, 0) is 10.3 Å². The van der Waals surface area contributed by atoms with Gasteiger partial charge in [0.05, 0.1) is 6.20 Å². The topological polar surface area (TPSA) is 85.4 Å². The number of hydrogen-bond acceptors (Lipinski definition) is 6. The second-order valence-corrected chi connectivity index (χ2v) is 9.52. The summed E-state index contributed by atoms with van der Waals surface area (Å²) in [5.41, 5.74) is 3.13. The van der Waals surface area contributed by atoms with Crippen molar-refractivity contribution >= 4 is 22.7 Å².